The Bertz CT molecular complexity index is 362. The first kappa shape index (κ1) is 15.4. The van der Waals surface area contributed by atoms with Crippen molar-refractivity contribution in [2.45, 2.75) is 46.1 Å². The van der Waals surface area contributed by atoms with Crippen molar-refractivity contribution in [2.24, 2.45) is 5.84 Å². The molecule has 0 aliphatic rings. The lowest BCUT2D eigenvalue weighted by atomic mass is 10.2. The first-order valence-corrected chi connectivity index (χ1v) is 6.65. The smallest absolute Gasteiger partial charge is 0.322 e. The van der Waals surface area contributed by atoms with Gasteiger partial charge in [-0.2, -0.15) is 15.0 Å². The van der Waals surface area contributed by atoms with Gasteiger partial charge >= 0.3 is 6.01 Å². The minimum atomic E-state index is 0.263. The number of nitrogens with two attached hydrogens (primary N) is 1. The SMILES string of the molecule is CCCCCN(c1nc(NN)nc(OC)n1)C(C)C. The first-order valence-electron chi connectivity index (χ1n) is 6.65. The maximum atomic E-state index is 5.36. The van der Waals surface area contributed by atoms with Crippen LogP contribution in [-0.2, 0) is 0 Å². The molecule has 0 saturated carbocycles. The maximum absolute atomic E-state index is 5.36. The fourth-order valence-corrected chi connectivity index (χ4v) is 1.75. The Morgan fingerprint density at radius 1 is 1.26 bits per heavy atom. The standard InChI is InChI=1S/C12H24N6O/c1-5-6-7-8-18(9(2)3)11-14-10(17-13)15-12(16-11)19-4/h9H,5-8,13H2,1-4H3,(H,14,15,16,17). The van der Waals surface area contributed by atoms with Gasteiger partial charge in [0.05, 0.1) is 7.11 Å². The van der Waals surface area contributed by atoms with Crippen LogP contribution in [0.25, 0.3) is 0 Å². The lowest BCUT2D eigenvalue weighted by Crippen LogP contribution is -2.33. The number of nitrogen functional groups attached to an aromatic ring is 1. The number of nitrogens with one attached hydrogen (secondary N) is 1. The van der Waals surface area contributed by atoms with Crippen molar-refractivity contribution in [2.75, 3.05) is 24.0 Å². The molecule has 0 fully saturated rings. The molecule has 7 nitrogen and oxygen atoms in total. The topological polar surface area (TPSA) is 89.2 Å². The second-order valence-electron chi connectivity index (χ2n) is 4.58. The maximum Gasteiger partial charge on any atom is 0.322 e. The summed E-state index contributed by atoms with van der Waals surface area (Å²) in [6, 6.07) is 0.564. The molecular weight excluding hydrogens is 244 g/mol. The van der Waals surface area contributed by atoms with E-state index in [1.165, 1.54) is 20.0 Å². The van der Waals surface area contributed by atoms with Crippen LogP contribution in [0.15, 0.2) is 0 Å². The Balaban J connectivity index is 2.93. The second-order valence-corrected chi connectivity index (χ2v) is 4.58. The molecule has 1 rings (SSSR count). The van der Waals surface area contributed by atoms with Gasteiger partial charge < -0.3 is 9.64 Å². The van der Waals surface area contributed by atoms with Gasteiger partial charge in [-0.3, -0.25) is 5.43 Å². The van der Waals surface area contributed by atoms with Gasteiger partial charge in [-0.05, 0) is 20.3 Å². The van der Waals surface area contributed by atoms with Crippen molar-refractivity contribution in [3.05, 3.63) is 0 Å². The third-order valence-electron chi connectivity index (χ3n) is 2.80. The molecule has 0 saturated heterocycles. The molecule has 0 aromatic carbocycles. The zero-order valence-electron chi connectivity index (χ0n) is 12.2. The van der Waals surface area contributed by atoms with E-state index in [1.54, 1.807) is 0 Å². The molecule has 0 aliphatic carbocycles. The van der Waals surface area contributed by atoms with Gasteiger partial charge in [0, 0.05) is 12.6 Å². The average molecular weight is 268 g/mol. The molecule has 0 atom stereocenters. The number of unbranched alkanes of at least 4 members (excludes halogenated alkanes) is 2. The normalized spacial score (nSPS) is 10.6. The molecule has 108 valence electrons. The summed E-state index contributed by atoms with van der Waals surface area (Å²) >= 11 is 0. The Hall–Kier alpha value is -1.63. The number of nitrogens with zero attached hydrogens (tertiary/aromatic N) is 4. The Labute approximate surface area is 114 Å². The van der Waals surface area contributed by atoms with Gasteiger partial charge in [-0.25, -0.2) is 5.84 Å². The lowest BCUT2D eigenvalue weighted by molar-refractivity contribution is 0.378. The Morgan fingerprint density at radius 3 is 2.53 bits per heavy atom. The van der Waals surface area contributed by atoms with Crippen LogP contribution in [0.3, 0.4) is 0 Å². The third-order valence-corrected chi connectivity index (χ3v) is 2.80. The van der Waals surface area contributed by atoms with Crippen molar-refractivity contribution in [1.82, 2.24) is 15.0 Å². The minimum Gasteiger partial charge on any atom is -0.467 e. The number of methoxy groups -OCH3 is 1. The highest BCUT2D eigenvalue weighted by Crippen LogP contribution is 2.17. The van der Waals surface area contributed by atoms with Crippen LogP contribution < -0.4 is 20.9 Å². The summed E-state index contributed by atoms with van der Waals surface area (Å²) in [6.07, 6.45) is 3.48. The summed E-state index contributed by atoms with van der Waals surface area (Å²) in [7, 11) is 1.52. The van der Waals surface area contributed by atoms with Crippen molar-refractivity contribution in [3.8, 4) is 6.01 Å². The van der Waals surface area contributed by atoms with Crippen LogP contribution in [0.5, 0.6) is 6.01 Å². The number of ether oxygens (including phenoxy) is 1. The van der Waals surface area contributed by atoms with Gasteiger partial charge in [0.25, 0.3) is 0 Å². The monoisotopic (exact) mass is 268 g/mol. The highest BCUT2D eigenvalue weighted by molar-refractivity contribution is 5.38. The molecule has 0 radical (unpaired) electrons. The number of aromatic nitrogens is 3. The Kier molecular flexibility index (Phi) is 6.27. The number of rotatable bonds is 8. The fourth-order valence-electron chi connectivity index (χ4n) is 1.75. The number of hydrogen-bond acceptors (Lipinski definition) is 7. The predicted molar refractivity (Wildman–Crippen MR) is 76.2 cm³/mol. The van der Waals surface area contributed by atoms with E-state index in [0.29, 0.717) is 17.9 Å². The van der Waals surface area contributed by atoms with Crippen LogP contribution >= 0.6 is 0 Å². The van der Waals surface area contributed by atoms with Crippen LogP contribution in [0, 0.1) is 0 Å². The van der Waals surface area contributed by atoms with Crippen molar-refractivity contribution in [1.29, 1.82) is 0 Å². The van der Waals surface area contributed by atoms with E-state index in [1.807, 2.05) is 0 Å². The van der Waals surface area contributed by atoms with E-state index < -0.39 is 0 Å². The van der Waals surface area contributed by atoms with Crippen LogP contribution in [-0.4, -0.2) is 34.6 Å². The van der Waals surface area contributed by atoms with Crippen LogP contribution in [0.2, 0.25) is 0 Å². The van der Waals surface area contributed by atoms with Crippen molar-refractivity contribution < 1.29 is 4.74 Å². The Morgan fingerprint density at radius 2 is 2.00 bits per heavy atom. The molecule has 0 amide bonds. The molecule has 0 bridgehead atoms. The molecule has 1 heterocycles. The highest BCUT2D eigenvalue weighted by Gasteiger charge is 2.16. The zero-order chi connectivity index (χ0) is 14.3. The lowest BCUT2D eigenvalue weighted by Gasteiger charge is -2.26. The molecule has 7 heteroatoms. The predicted octanol–water partition coefficient (Wildman–Crippen LogP) is 1.57. The van der Waals surface area contributed by atoms with Gasteiger partial charge in [-0.1, -0.05) is 19.8 Å². The summed E-state index contributed by atoms with van der Waals surface area (Å²) in [6.45, 7) is 7.31. The van der Waals surface area contributed by atoms with Crippen molar-refractivity contribution in [3.63, 3.8) is 0 Å². The van der Waals surface area contributed by atoms with Crippen LogP contribution in [0.1, 0.15) is 40.0 Å². The molecule has 3 N–H and O–H groups in total. The quantitative estimate of drug-likeness (QED) is 0.420. The highest BCUT2D eigenvalue weighted by atomic mass is 16.5. The number of hydrogen-bond donors (Lipinski definition) is 2. The summed E-state index contributed by atoms with van der Waals surface area (Å²) in [5.41, 5.74) is 2.43. The van der Waals surface area contributed by atoms with Crippen LogP contribution in [0.4, 0.5) is 11.9 Å². The van der Waals surface area contributed by atoms with E-state index in [9.17, 15) is 0 Å². The van der Waals surface area contributed by atoms with Gasteiger partial charge in [0.2, 0.25) is 11.9 Å². The number of anilines is 2. The first-order chi connectivity index (χ1) is 9.12. The minimum absolute atomic E-state index is 0.263. The molecular formula is C12H24N6O. The van der Waals surface area contributed by atoms with Crippen molar-refractivity contribution >= 4 is 11.9 Å². The molecule has 0 spiro atoms. The molecule has 1 aromatic rings. The molecule has 0 unspecified atom stereocenters. The summed E-state index contributed by atoms with van der Waals surface area (Å²) in [4.78, 5) is 14.7. The van der Waals surface area contributed by atoms with Gasteiger partial charge in [-0.15, -0.1) is 0 Å². The zero-order valence-corrected chi connectivity index (χ0v) is 12.2. The van der Waals surface area contributed by atoms with E-state index in [-0.39, 0.29) is 6.01 Å². The third kappa shape index (κ3) is 4.51. The van der Waals surface area contributed by atoms with E-state index in [0.717, 1.165) is 13.0 Å². The fraction of sp³-hybridized carbons (Fsp3) is 0.750. The average Bonchev–Trinajstić information content (AvgIpc) is 2.42. The summed E-state index contributed by atoms with van der Waals surface area (Å²) in [5, 5.41) is 0. The van der Waals surface area contributed by atoms with E-state index >= 15 is 0 Å². The second kappa shape index (κ2) is 7.73. The molecule has 1 aromatic heterocycles. The summed E-state index contributed by atoms with van der Waals surface area (Å²) in [5.74, 6) is 6.26. The van der Waals surface area contributed by atoms with E-state index in [2.05, 4.69) is 46.0 Å². The van der Waals surface area contributed by atoms with E-state index in [4.69, 9.17) is 10.6 Å². The largest absolute Gasteiger partial charge is 0.467 e. The van der Waals surface area contributed by atoms with Gasteiger partial charge in [0.1, 0.15) is 0 Å². The summed E-state index contributed by atoms with van der Waals surface area (Å²) < 4.78 is 5.07. The van der Waals surface area contributed by atoms with Gasteiger partial charge in [0.15, 0.2) is 0 Å². The molecule has 0 aliphatic heterocycles. The molecule has 19 heavy (non-hydrogen) atoms. The number of hydrazine groups is 1.